The lowest BCUT2D eigenvalue weighted by Crippen LogP contribution is -2.37. The Hall–Kier alpha value is -2.71. The van der Waals surface area contributed by atoms with Crippen LogP contribution in [0.1, 0.15) is 38.3 Å². The smallest absolute Gasteiger partial charge is 0.305 e. The van der Waals surface area contributed by atoms with Gasteiger partial charge < -0.3 is 15.0 Å². The summed E-state index contributed by atoms with van der Waals surface area (Å²) in [6, 6.07) is 8.08. The summed E-state index contributed by atoms with van der Waals surface area (Å²) >= 11 is 1.23. The van der Waals surface area contributed by atoms with Gasteiger partial charge in [0.2, 0.25) is 5.95 Å². The Morgan fingerprint density at radius 2 is 2.03 bits per heavy atom. The van der Waals surface area contributed by atoms with Gasteiger partial charge in [-0.15, -0.1) is 0 Å². The van der Waals surface area contributed by atoms with Crippen LogP contribution in [-0.4, -0.2) is 43.9 Å². The van der Waals surface area contributed by atoms with Crippen molar-refractivity contribution >= 4 is 33.0 Å². The van der Waals surface area contributed by atoms with E-state index >= 15 is 0 Å². The molecule has 3 aromatic heterocycles. The number of piperidine rings is 1. The predicted octanol–water partition coefficient (Wildman–Crippen LogP) is 3.38. The molecule has 150 valence electrons. The number of rotatable bonds is 3. The molecule has 0 spiro atoms. The molecule has 5 rings (SSSR count). The molecule has 0 amide bonds. The van der Waals surface area contributed by atoms with Crippen molar-refractivity contribution in [2.75, 3.05) is 18.0 Å². The second kappa shape index (κ2) is 6.96. The van der Waals surface area contributed by atoms with Crippen molar-refractivity contribution in [3.8, 4) is 11.1 Å². The Morgan fingerprint density at radius 3 is 2.79 bits per heavy atom. The Kier molecular flexibility index (Phi) is 4.40. The fraction of sp³-hybridized carbons (Fsp3) is 0.381. The third kappa shape index (κ3) is 3.12. The van der Waals surface area contributed by atoms with E-state index in [0.29, 0.717) is 0 Å². The van der Waals surface area contributed by atoms with Crippen molar-refractivity contribution in [2.45, 2.75) is 38.7 Å². The van der Waals surface area contributed by atoms with Crippen LogP contribution in [0, 0.1) is 0 Å². The average molecular weight is 410 g/mol. The summed E-state index contributed by atoms with van der Waals surface area (Å²) in [5.74, 6) is 1.05. The summed E-state index contributed by atoms with van der Waals surface area (Å²) in [6.07, 6.45) is 3.08. The second-order valence-corrected chi connectivity index (χ2v) is 8.92. The van der Waals surface area contributed by atoms with E-state index in [4.69, 9.17) is 5.10 Å². The fourth-order valence-electron chi connectivity index (χ4n) is 4.07. The maximum absolute atomic E-state index is 11.7. The molecule has 4 aromatic rings. The molecule has 29 heavy (non-hydrogen) atoms. The minimum atomic E-state index is -0.231. The van der Waals surface area contributed by atoms with Gasteiger partial charge in [-0.1, -0.05) is 31.3 Å². The van der Waals surface area contributed by atoms with Gasteiger partial charge in [-0.25, -0.2) is 4.98 Å². The summed E-state index contributed by atoms with van der Waals surface area (Å²) in [4.78, 5) is 21.4. The molecule has 0 saturated carbocycles. The van der Waals surface area contributed by atoms with Crippen LogP contribution >= 0.6 is 11.3 Å². The molecule has 2 N–H and O–H groups in total. The van der Waals surface area contributed by atoms with Crippen LogP contribution in [0.4, 0.5) is 5.95 Å². The number of nitrogens with zero attached hydrogens (tertiary/aromatic N) is 4. The molecule has 1 aromatic carbocycles. The summed E-state index contributed by atoms with van der Waals surface area (Å²) in [7, 11) is 0. The van der Waals surface area contributed by atoms with Crippen LogP contribution in [0.15, 0.2) is 35.3 Å². The van der Waals surface area contributed by atoms with E-state index in [-0.39, 0.29) is 16.9 Å². The van der Waals surface area contributed by atoms with Crippen molar-refractivity contribution in [2.24, 2.45) is 0 Å². The topological polar surface area (TPSA) is 86.5 Å². The second-order valence-electron chi connectivity index (χ2n) is 7.90. The first kappa shape index (κ1) is 18.3. The van der Waals surface area contributed by atoms with Crippen LogP contribution in [0.5, 0.6) is 0 Å². The molecule has 1 fully saturated rings. The van der Waals surface area contributed by atoms with Gasteiger partial charge in [0, 0.05) is 24.8 Å². The van der Waals surface area contributed by atoms with Crippen LogP contribution in [0.2, 0.25) is 0 Å². The molecule has 0 atom stereocenters. The highest BCUT2D eigenvalue weighted by Gasteiger charge is 2.24. The van der Waals surface area contributed by atoms with E-state index in [2.05, 4.69) is 34.8 Å². The van der Waals surface area contributed by atoms with Gasteiger partial charge in [-0.2, -0.15) is 9.61 Å². The molecular formula is C21H23N5O2S. The molecule has 1 saturated heterocycles. The molecule has 1 aliphatic heterocycles. The van der Waals surface area contributed by atoms with E-state index in [9.17, 15) is 9.90 Å². The number of hydrogen-bond acceptors (Lipinski definition) is 6. The van der Waals surface area contributed by atoms with Gasteiger partial charge in [0.1, 0.15) is 0 Å². The highest BCUT2D eigenvalue weighted by molar-refractivity contribution is 7.16. The monoisotopic (exact) mass is 409 g/mol. The third-order valence-corrected chi connectivity index (χ3v) is 6.41. The number of aliphatic hydroxyl groups excluding tert-OH is 1. The first-order chi connectivity index (χ1) is 14.0. The average Bonchev–Trinajstić information content (AvgIpc) is 3.27. The van der Waals surface area contributed by atoms with E-state index in [1.165, 1.54) is 11.3 Å². The molecule has 4 heterocycles. The standard InChI is InChI=1S/C21H23N5O2S/c1-12(2)19-18(13-3-4-15-17(11-13)29-21(28)23-15)16-5-8-22-20(26(16)24-19)25-9-6-14(27)7-10-25/h3-5,8,11-12,14,27H,6-7,9-10H2,1-2H3,(H,23,28). The summed E-state index contributed by atoms with van der Waals surface area (Å²) < 4.78 is 2.88. The Morgan fingerprint density at radius 1 is 1.24 bits per heavy atom. The lowest BCUT2D eigenvalue weighted by atomic mass is 9.98. The highest BCUT2D eigenvalue weighted by atomic mass is 32.1. The third-order valence-electron chi connectivity index (χ3n) is 5.56. The number of benzene rings is 1. The largest absolute Gasteiger partial charge is 0.393 e. The number of nitrogens with one attached hydrogen (secondary N) is 1. The number of aromatic nitrogens is 4. The van der Waals surface area contributed by atoms with Crippen molar-refractivity contribution in [1.29, 1.82) is 0 Å². The van der Waals surface area contributed by atoms with Gasteiger partial charge in [0.05, 0.1) is 27.5 Å². The molecule has 0 radical (unpaired) electrons. The molecule has 8 heteroatoms. The molecule has 0 unspecified atom stereocenters. The van der Waals surface area contributed by atoms with Gasteiger partial charge in [0.15, 0.2) is 0 Å². The number of aromatic amines is 1. The number of fused-ring (bicyclic) bond motifs is 2. The molecule has 1 aliphatic rings. The minimum Gasteiger partial charge on any atom is -0.393 e. The van der Waals surface area contributed by atoms with E-state index < -0.39 is 0 Å². The van der Waals surface area contributed by atoms with E-state index in [1.54, 1.807) is 0 Å². The first-order valence-corrected chi connectivity index (χ1v) is 10.8. The minimum absolute atomic E-state index is 0.0418. The van der Waals surface area contributed by atoms with Gasteiger partial charge in [-0.05, 0) is 42.5 Å². The number of aliphatic hydroxyl groups is 1. The van der Waals surface area contributed by atoms with Gasteiger partial charge in [-0.3, -0.25) is 4.79 Å². The van der Waals surface area contributed by atoms with Gasteiger partial charge >= 0.3 is 4.87 Å². The zero-order valence-corrected chi connectivity index (χ0v) is 17.2. The lowest BCUT2D eigenvalue weighted by Gasteiger charge is -2.30. The summed E-state index contributed by atoms with van der Waals surface area (Å²) in [5.41, 5.74) is 5.02. The molecular weight excluding hydrogens is 386 g/mol. The maximum Gasteiger partial charge on any atom is 0.305 e. The quantitative estimate of drug-likeness (QED) is 0.542. The van der Waals surface area contributed by atoms with Crippen LogP contribution in [-0.2, 0) is 0 Å². The first-order valence-electron chi connectivity index (χ1n) is 9.95. The Labute approximate surface area is 171 Å². The maximum atomic E-state index is 11.7. The summed E-state index contributed by atoms with van der Waals surface area (Å²) in [6.45, 7) is 5.82. The fourth-order valence-corrected chi connectivity index (χ4v) is 4.84. The normalized spacial score (nSPS) is 15.8. The van der Waals surface area contributed by atoms with Crippen LogP contribution in [0.25, 0.3) is 26.9 Å². The summed E-state index contributed by atoms with van der Waals surface area (Å²) in [5, 5.41) is 14.8. The molecule has 7 nitrogen and oxygen atoms in total. The number of thiazole rings is 1. The highest BCUT2D eigenvalue weighted by Crippen LogP contribution is 2.36. The Bertz CT molecular complexity index is 1250. The van der Waals surface area contributed by atoms with Crippen molar-refractivity contribution in [3.05, 3.63) is 45.8 Å². The SMILES string of the molecule is CC(C)c1nn2c(N3CCC(O)CC3)nccc2c1-c1ccc2[nH]c(=O)sc2c1. The zero-order valence-electron chi connectivity index (χ0n) is 16.4. The number of anilines is 1. The Balaban J connectivity index is 1.70. The van der Waals surface area contributed by atoms with Crippen LogP contribution < -0.4 is 9.77 Å². The van der Waals surface area contributed by atoms with E-state index in [0.717, 1.165) is 64.4 Å². The van der Waals surface area contributed by atoms with E-state index in [1.807, 2.05) is 28.9 Å². The molecule has 0 bridgehead atoms. The van der Waals surface area contributed by atoms with Crippen LogP contribution in [0.3, 0.4) is 0 Å². The van der Waals surface area contributed by atoms with Gasteiger partial charge in [0.25, 0.3) is 0 Å². The zero-order chi connectivity index (χ0) is 20.1. The predicted molar refractivity (Wildman–Crippen MR) is 116 cm³/mol. The molecule has 0 aliphatic carbocycles. The lowest BCUT2D eigenvalue weighted by molar-refractivity contribution is 0.145. The van der Waals surface area contributed by atoms with Crippen molar-refractivity contribution in [3.63, 3.8) is 0 Å². The van der Waals surface area contributed by atoms with Crippen molar-refractivity contribution in [1.82, 2.24) is 19.6 Å². The number of H-pyrrole nitrogens is 1. The number of hydrogen-bond donors (Lipinski definition) is 2. The van der Waals surface area contributed by atoms with Crippen molar-refractivity contribution < 1.29 is 5.11 Å².